The number of unbranched alkanes of at least 4 members (excludes halogenated alkanes) is 1. The van der Waals surface area contributed by atoms with Crippen molar-refractivity contribution in [2.45, 2.75) is 25.8 Å². The third-order valence-corrected chi connectivity index (χ3v) is 6.74. The Morgan fingerprint density at radius 1 is 0.944 bits per heavy atom. The summed E-state index contributed by atoms with van der Waals surface area (Å²) in [4.78, 5) is 21.5. The SMILES string of the molecule is NCCCCn1c(Cc2ccccc2)c(-c2nc3c4c(ccc3[nH]c2=O)OCCO4)c2ccccc21. The number of hydrogen-bond donors (Lipinski definition) is 2. The molecule has 3 aromatic carbocycles. The second kappa shape index (κ2) is 9.51. The summed E-state index contributed by atoms with van der Waals surface area (Å²) < 4.78 is 14.0. The van der Waals surface area contributed by atoms with Crippen molar-refractivity contribution in [3.05, 3.63) is 88.3 Å². The molecule has 3 N–H and O–H groups in total. The number of aromatic nitrogens is 3. The Morgan fingerprint density at radius 3 is 2.61 bits per heavy atom. The number of nitrogens with two attached hydrogens (primary N) is 1. The number of rotatable bonds is 7. The third-order valence-electron chi connectivity index (χ3n) is 6.74. The van der Waals surface area contributed by atoms with Gasteiger partial charge in [0.05, 0.1) is 5.52 Å². The molecule has 1 aliphatic heterocycles. The molecule has 5 aromatic rings. The number of nitrogens with zero attached hydrogens (tertiary/aromatic N) is 2. The van der Waals surface area contributed by atoms with E-state index in [1.54, 1.807) is 0 Å². The smallest absolute Gasteiger partial charge is 0.275 e. The van der Waals surface area contributed by atoms with Crippen molar-refractivity contribution in [1.29, 1.82) is 0 Å². The van der Waals surface area contributed by atoms with E-state index < -0.39 is 0 Å². The molecule has 0 amide bonds. The second-order valence-corrected chi connectivity index (χ2v) is 9.05. The molecule has 7 nitrogen and oxygen atoms in total. The maximum absolute atomic E-state index is 13.5. The van der Waals surface area contributed by atoms with E-state index in [9.17, 15) is 4.79 Å². The van der Waals surface area contributed by atoms with Gasteiger partial charge in [-0.2, -0.15) is 0 Å². The lowest BCUT2D eigenvalue weighted by atomic mass is 10.0. The van der Waals surface area contributed by atoms with Crippen LogP contribution < -0.4 is 20.8 Å². The van der Waals surface area contributed by atoms with Crippen LogP contribution >= 0.6 is 0 Å². The fourth-order valence-electron chi connectivity index (χ4n) is 5.09. The van der Waals surface area contributed by atoms with Crippen molar-refractivity contribution in [2.75, 3.05) is 19.8 Å². The van der Waals surface area contributed by atoms with Crippen molar-refractivity contribution < 1.29 is 9.47 Å². The first kappa shape index (κ1) is 22.4. The third kappa shape index (κ3) is 3.91. The lowest BCUT2D eigenvalue weighted by Gasteiger charge is -2.19. The van der Waals surface area contributed by atoms with Gasteiger partial charge < -0.3 is 24.8 Å². The molecule has 0 aliphatic carbocycles. The average Bonchev–Trinajstić information content (AvgIpc) is 3.21. The van der Waals surface area contributed by atoms with Gasteiger partial charge in [-0.05, 0) is 43.1 Å². The van der Waals surface area contributed by atoms with Gasteiger partial charge in [-0.3, -0.25) is 4.79 Å². The zero-order valence-corrected chi connectivity index (χ0v) is 20.0. The quantitative estimate of drug-likeness (QED) is 0.331. The van der Waals surface area contributed by atoms with Gasteiger partial charge in [-0.25, -0.2) is 4.98 Å². The second-order valence-electron chi connectivity index (χ2n) is 9.05. The van der Waals surface area contributed by atoms with Crippen LogP contribution in [0.1, 0.15) is 24.1 Å². The minimum absolute atomic E-state index is 0.224. The molecule has 0 unspecified atom stereocenters. The summed E-state index contributed by atoms with van der Waals surface area (Å²) in [6, 6.07) is 22.2. The van der Waals surface area contributed by atoms with E-state index in [-0.39, 0.29) is 5.56 Å². The van der Waals surface area contributed by atoms with E-state index in [0.717, 1.165) is 41.5 Å². The molecular weight excluding hydrogens is 452 g/mol. The molecule has 3 heterocycles. The van der Waals surface area contributed by atoms with Crippen LogP contribution in [0.15, 0.2) is 71.5 Å². The van der Waals surface area contributed by atoms with Gasteiger partial charge in [-0.1, -0.05) is 48.5 Å². The van der Waals surface area contributed by atoms with Crippen LogP contribution in [0, 0.1) is 0 Å². The fraction of sp³-hybridized carbons (Fsp3) is 0.241. The van der Waals surface area contributed by atoms with E-state index in [2.05, 4.69) is 33.8 Å². The maximum Gasteiger partial charge on any atom is 0.275 e. The Bertz CT molecular complexity index is 1600. The standard InChI is InChI=1S/C29H28N4O3/c30-14-6-7-15-33-22-11-5-4-10-20(22)25(23(33)18-19-8-2-1-3-9-19)27-29(34)31-21-12-13-24-28(26(21)32-27)36-17-16-35-24/h1-5,8-13H,6-7,14-18,30H2,(H,31,34). The first-order valence-electron chi connectivity index (χ1n) is 12.4. The zero-order valence-electron chi connectivity index (χ0n) is 20.0. The van der Waals surface area contributed by atoms with Crippen LogP contribution in [0.4, 0.5) is 0 Å². The van der Waals surface area contributed by atoms with Gasteiger partial charge in [0.25, 0.3) is 5.56 Å². The topological polar surface area (TPSA) is 95.2 Å². The molecule has 6 rings (SSSR count). The van der Waals surface area contributed by atoms with Crippen molar-refractivity contribution in [1.82, 2.24) is 14.5 Å². The molecule has 0 atom stereocenters. The molecule has 0 bridgehead atoms. The highest BCUT2D eigenvalue weighted by atomic mass is 16.6. The van der Waals surface area contributed by atoms with E-state index in [0.29, 0.717) is 54.4 Å². The summed E-state index contributed by atoms with van der Waals surface area (Å²) in [5, 5.41) is 1.01. The Balaban J connectivity index is 1.62. The number of ether oxygens (including phenoxy) is 2. The Kier molecular flexibility index (Phi) is 5.91. The summed E-state index contributed by atoms with van der Waals surface area (Å²) in [5.41, 5.74) is 11.4. The lowest BCUT2D eigenvalue weighted by Crippen LogP contribution is -2.18. The van der Waals surface area contributed by atoms with Crippen LogP contribution in [-0.2, 0) is 13.0 Å². The van der Waals surface area contributed by atoms with E-state index in [1.807, 2.05) is 42.5 Å². The molecule has 182 valence electrons. The Hall–Kier alpha value is -4.10. The van der Waals surface area contributed by atoms with Gasteiger partial charge in [0.15, 0.2) is 11.5 Å². The molecule has 0 saturated heterocycles. The normalized spacial score (nSPS) is 12.9. The van der Waals surface area contributed by atoms with E-state index in [4.69, 9.17) is 20.2 Å². The van der Waals surface area contributed by atoms with Crippen LogP contribution in [0.3, 0.4) is 0 Å². The van der Waals surface area contributed by atoms with Crippen LogP contribution in [0.5, 0.6) is 11.5 Å². The highest BCUT2D eigenvalue weighted by Gasteiger charge is 2.24. The number of hydrogen-bond acceptors (Lipinski definition) is 5. The lowest BCUT2D eigenvalue weighted by molar-refractivity contribution is 0.173. The number of aromatic amines is 1. The minimum atomic E-state index is -0.224. The molecular formula is C29H28N4O3. The molecule has 0 fully saturated rings. The maximum atomic E-state index is 13.5. The van der Waals surface area contributed by atoms with Gasteiger partial charge in [-0.15, -0.1) is 0 Å². The van der Waals surface area contributed by atoms with Crippen molar-refractivity contribution >= 4 is 21.9 Å². The van der Waals surface area contributed by atoms with Gasteiger partial charge in [0.1, 0.15) is 24.4 Å². The van der Waals surface area contributed by atoms with Gasteiger partial charge in [0, 0.05) is 35.1 Å². The largest absolute Gasteiger partial charge is 0.486 e. The van der Waals surface area contributed by atoms with Crippen LogP contribution in [-0.4, -0.2) is 34.3 Å². The number of para-hydroxylation sites is 1. The zero-order chi connectivity index (χ0) is 24.5. The van der Waals surface area contributed by atoms with Crippen molar-refractivity contribution in [2.24, 2.45) is 5.73 Å². The Labute approximate surface area is 208 Å². The summed E-state index contributed by atoms with van der Waals surface area (Å²) in [6.07, 6.45) is 2.57. The number of H-pyrrole nitrogens is 1. The Morgan fingerprint density at radius 2 is 1.75 bits per heavy atom. The van der Waals surface area contributed by atoms with E-state index >= 15 is 0 Å². The monoisotopic (exact) mass is 480 g/mol. The van der Waals surface area contributed by atoms with Gasteiger partial charge in [0.2, 0.25) is 0 Å². The average molecular weight is 481 g/mol. The van der Waals surface area contributed by atoms with Crippen LogP contribution in [0.2, 0.25) is 0 Å². The van der Waals surface area contributed by atoms with Crippen molar-refractivity contribution in [3.8, 4) is 22.8 Å². The van der Waals surface area contributed by atoms with E-state index in [1.165, 1.54) is 5.56 Å². The van der Waals surface area contributed by atoms with Crippen LogP contribution in [0.25, 0.3) is 33.2 Å². The molecule has 36 heavy (non-hydrogen) atoms. The molecule has 0 saturated carbocycles. The predicted molar refractivity (Wildman–Crippen MR) is 142 cm³/mol. The highest BCUT2D eigenvalue weighted by Crippen LogP contribution is 2.38. The first-order chi connectivity index (χ1) is 17.7. The molecule has 0 radical (unpaired) electrons. The summed E-state index contributed by atoms with van der Waals surface area (Å²) in [5.74, 6) is 1.22. The highest BCUT2D eigenvalue weighted by molar-refractivity contribution is 5.98. The molecule has 2 aromatic heterocycles. The molecule has 1 aliphatic rings. The summed E-state index contributed by atoms with van der Waals surface area (Å²) >= 11 is 0. The first-order valence-corrected chi connectivity index (χ1v) is 12.4. The summed E-state index contributed by atoms with van der Waals surface area (Å²) in [7, 11) is 0. The number of benzene rings is 3. The number of fused-ring (bicyclic) bond motifs is 4. The molecule has 0 spiro atoms. The molecule has 7 heteroatoms. The fourth-order valence-corrected chi connectivity index (χ4v) is 5.09. The van der Waals surface area contributed by atoms with Gasteiger partial charge >= 0.3 is 0 Å². The summed E-state index contributed by atoms with van der Waals surface area (Å²) in [6.45, 7) is 2.41. The predicted octanol–water partition coefficient (Wildman–Crippen LogP) is 4.65. The number of aryl methyl sites for hydroxylation is 1. The number of nitrogens with one attached hydrogen (secondary N) is 1. The van der Waals surface area contributed by atoms with Crippen molar-refractivity contribution in [3.63, 3.8) is 0 Å². The minimum Gasteiger partial charge on any atom is -0.486 e.